The summed E-state index contributed by atoms with van der Waals surface area (Å²) in [5, 5.41) is 4.69. The fraction of sp³-hybridized carbons (Fsp3) is 0.214. The Bertz CT molecular complexity index is 610. The number of carbonyl (C=O) groups excluding carboxylic acids is 2. The van der Waals surface area contributed by atoms with Gasteiger partial charge in [0.25, 0.3) is 0 Å². The minimum atomic E-state index is -0.358. The maximum atomic E-state index is 11.9. The predicted octanol–water partition coefficient (Wildman–Crippen LogP) is 2.37. The van der Waals surface area contributed by atoms with Crippen LogP contribution in [0.1, 0.15) is 35.4 Å². The van der Waals surface area contributed by atoms with Gasteiger partial charge in [-0.05, 0) is 5.56 Å². The lowest BCUT2D eigenvalue weighted by atomic mass is 10.0. The van der Waals surface area contributed by atoms with Crippen LogP contribution in [0.15, 0.2) is 35.7 Å². The van der Waals surface area contributed by atoms with Crippen LogP contribution < -0.4 is 11.1 Å². The Kier molecular flexibility index (Phi) is 4.60. The highest BCUT2D eigenvalue weighted by Crippen LogP contribution is 2.18. The van der Waals surface area contributed by atoms with Gasteiger partial charge in [-0.15, -0.1) is 11.3 Å². The number of rotatable bonds is 5. The van der Waals surface area contributed by atoms with E-state index in [0.717, 1.165) is 5.56 Å². The zero-order chi connectivity index (χ0) is 14.5. The van der Waals surface area contributed by atoms with Crippen molar-refractivity contribution in [3.8, 4) is 0 Å². The molecule has 1 aromatic carbocycles. The number of nitrogens with zero attached hydrogens (tertiary/aromatic N) is 1. The third kappa shape index (κ3) is 3.72. The molecular formula is C14H15N3O2S. The molecular weight excluding hydrogens is 274 g/mol. The standard InChI is InChI=1S/C14H15N3O2S/c1-9(18)12-8-20-14(16-12)17-13(19)7-11(15)10-5-3-2-4-6-10/h2-6,8,11H,7,15H2,1H3,(H,16,17,19). The van der Waals surface area contributed by atoms with Crippen molar-refractivity contribution in [1.82, 2.24) is 4.98 Å². The van der Waals surface area contributed by atoms with Gasteiger partial charge in [-0.3, -0.25) is 9.59 Å². The van der Waals surface area contributed by atoms with Crippen LogP contribution in [-0.4, -0.2) is 16.7 Å². The molecule has 6 heteroatoms. The summed E-state index contributed by atoms with van der Waals surface area (Å²) >= 11 is 1.22. The smallest absolute Gasteiger partial charge is 0.228 e. The number of thiazole rings is 1. The van der Waals surface area contributed by atoms with Gasteiger partial charge >= 0.3 is 0 Å². The molecule has 1 amide bonds. The molecule has 1 atom stereocenters. The highest BCUT2D eigenvalue weighted by Gasteiger charge is 2.13. The third-order valence-electron chi connectivity index (χ3n) is 2.74. The van der Waals surface area contributed by atoms with Gasteiger partial charge in [0.1, 0.15) is 5.69 Å². The van der Waals surface area contributed by atoms with E-state index < -0.39 is 0 Å². The molecule has 0 aliphatic carbocycles. The Balaban J connectivity index is 1.93. The van der Waals surface area contributed by atoms with Gasteiger partial charge in [-0.25, -0.2) is 4.98 Å². The molecule has 2 aromatic rings. The van der Waals surface area contributed by atoms with E-state index in [0.29, 0.717) is 10.8 Å². The maximum Gasteiger partial charge on any atom is 0.228 e. The van der Waals surface area contributed by atoms with Crippen LogP contribution in [0.25, 0.3) is 0 Å². The van der Waals surface area contributed by atoms with E-state index in [-0.39, 0.29) is 24.2 Å². The van der Waals surface area contributed by atoms with Gasteiger partial charge in [0.2, 0.25) is 5.91 Å². The number of nitrogens with one attached hydrogen (secondary N) is 1. The first-order valence-electron chi connectivity index (χ1n) is 6.13. The van der Waals surface area contributed by atoms with Crippen molar-refractivity contribution < 1.29 is 9.59 Å². The molecule has 0 bridgehead atoms. The van der Waals surface area contributed by atoms with Gasteiger partial charge < -0.3 is 11.1 Å². The van der Waals surface area contributed by atoms with Gasteiger partial charge in [0.15, 0.2) is 10.9 Å². The second-order valence-corrected chi connectivity index (χ2v) is 5.22. The number of carbonyl (C=O) groups is 2. The summed E-state index contributed by atoms with van der Waals surface area (Å²) in [5.41, 5.74) is 7.24. The van der Waals surface area contributed by atoms with Crippen molar-refractivity contribution in [2.75, 3.05) is 5.32 Å². The summed E-state index contributed by atoms with van der Waals surface area (Å²) in [5.74, 6) is -0.339. The first-order valence-corrected chi connectivity index (χ1v) is 7.01. The Morgan fingerprint density at radius 2 is 2.05 bits per heavy atom. The van der Waals surface area contributed by atoms with Crippen molar-refractivity contribution in [2.45, 2.75) is 19.4 Å². The zero-order valence-electron chi connectivity index (χ0n) is 11.0. The fourth-order valence-corrected chi connectivity index (χ4v) is 2.45. The third-order valence-corrected chi connectivity index (χ3v) is 3.50. The minimum absolute atomic E-state index is 0.122. The number of Topliss-reactive ketones (excluding diaryl/α,β-unsaturated/α-hetero) is 1. The molecule has 1 aromatic heterocycles. The molecule has 2 rings (SSSR count). The number of ketones is 1. The van der Waals surface area contributed by atoms with E-state index in [4.69, 9.17) is 5.73 Å². The molecule has 0 spiro atoms. The van der Waals surface area contributed by atoms with Crippen LogP contribution in [0.5, 0.6) is 0 Å². The summed E-state index contributed by atoms with van der Waals surface area (Å²) in [4.78, 5) is 27.0. The maximum absolute atomic E-state index is 11.9. The Labute approximate surface area is 120 Å². The van der Waals surface area contributed by atoms with Crippen LogP contribution in [0.2, 0.25) is 0 Å². The van der Waals surface area contributed by atoms with Crippen LogP contribution >= 0.6 is 11.3 Å². The van der Waals surface area contributed by atoms with E-state index in [2.05, 4.69) is 10.3 Å². The molecule has 1 heterocycles. The summed E-state index contributed by atoms with van der Waals surface area (Å²) < 4.78 is 0. The SMILES string of the molecule is CC(=O)c1csc(NC(=O)CC(N)c2ccccc2)n1. The number of benzene rings is 1. The normalized spacial score (nSPS) is 11.9. The number of hydrogen-bond acceptors (Lipinski definition) is 5. The van der Waals surface area contributed by atoms with E-state index in [1.807, 2.05) is 30.3 Å². The summed E-state index contributed by atoms with van der Waals surface area (Å²) in [6, 6.07) is 9.07. The minimum Gasteiger partial charge on any atom is -0.324 e. The Morgan fingerprint density at radius 3 is 2.65 bits per heavy atom. The fourth-order valence-electron chi connectivity index (χ4n) is 1.68. The van der Waals surface area contributed by atoms with Gasteiger partial charge in [0, 0.05) is 24.8 Å². The molecule has 0 aliphatic rings. The number of aromatic nitrogens is 1. The lowest BCUT2D eigenvalue weighted by Crippen LogP contribution is -2.20. The molecule has 5 nitrogen and oxygen atoms in total. The van der Waals surface area contributed by atoms with Crippen molar-refractivity contribution in [3.63, 3.8) is 0 Å². The van der Waals surface area contributed by atoms with Gasteiger partial charge in [-0.2, -0.15) is 0 Å². The largest absolute Gasteiger partial charge is 0.324 e. The lowest BCUT2D eigenvalue weighted by Gasteiger charge is -2.10. The number of amides is 1. The summed E-state index contributed by atoms with van der Waals surface area (Å²) in [7, 11) is 0. The van der Waals surface area contributed by atoms with Crippen molar-refractivity contribution >= 4 is 28.2 Å². The highest BCUT2D eigenvalue weighted by atomic mass is 32.1. The molecule has 0 radical (unpaired) electrons. The van der Waals surface area contributed by atoms with Crippen LogP contribution in [0.3, 0.4) is 0 Å². The molecule has 0 saturated carbocycles. The molecule has 0 saturated heterocycles. The van der Waals surface area contributed by atoms with E-state index in [1.54, 1.807) is 5.38 Å². The Hall–Kier alpha value is -2.05. The second-order valence-electron chi connectivity index (χ2n) is 4.36. The highest BCUT2D eigenvalue weighted by molar-refractivity contribution is 7.14. The van der Waals surface area contributed by atoms with Gasteiger partial charge in [0.05, 0.1) is 0 Å². The first-order chi connectivity index (χ1) is 9.56. The van der Waals surface area contributed by atoms with E-state index in [9.17, 15) is 9.59 Å². The van der Waals surface area contributed by atoms with Crippen LogP contribution in [0, 0.1) is 0 Å². The second kappa shape index (κ2) is 6.40. The molecule has 0 aliphatic heterocycles. The lowest BCUT2D eigenvalue weighted by molar-refractivity contribution is -0.116. The van der Waals surface area contributed by atoms with Crippen molar-refractivity contribution in [2.24, 2.45) is 5.73 Å². The summed E-state index contributed by atoms with van der Waals surface area (Å²) in [6.07, 6.45) is 0.166. The summed E-state index contributed by atoms with van der Waals surface area (Å²) in [6.45, 7) is 1.44. The van der Waals surface area contributed by atoms with Crippen molar-refractivity contribution in [1.29, 1.82) is 0 Å². The molecule has 0 fully saturated rings. The quantitative estimate of drug-likeness (QED) is 0.827. The van der Waals surface area contributed by atoms with Crippen LogP contribution in [0.4, 0.5) is 5.13 Å². The molecule has 3 N–H and O–H groups in total. The number of nitrogens with two attached hydrogens (primary N) is 1. The average molecular weight is 289 g/mol. The van der Waals surface area contributed by atoms with Crippen LogP contribution in [-0.2, 0) is 4.79 Å². The first kappa shape index (κ1) is 14.4. The molecule has 104 valence electrons. The van der Waals surface area contributed by atoms with Gasteiger partial charge in [-0.1, -0.05) is 30.3 Å². The average Bonchev–Trinajstić information content (AvgIpc) is 2.88. The zero-order valence-corrected chi connectivity index (χ0v) is 11.8. The van der Waals surface area contributed by atoms with E-state index >= 15 is 0 Å². The topological polar surface area (TPSA) is 85.1 Å². The Morgan fingerprint density at radius 1 is 1.35 bits per heavy atom. The molecule has 1 unspecified atom stereocenters. The van der Waals surface area contributed by atoms with Crippen molar-refractivity contribution in [3.05, 3.63) is 47.0 Å². The number of anilines is 1. The van der Waals surface area contributed by atoms with E-state index in [1.165, 1.54) is 18.3 Å². The predicted molar refractivity (Wildman–Crippen MR) is 78.7 cm³/mol. The molecule has 20 heavy (non-hydrogen) atoms. The monoisotopic (exact) mass is 289 g/mol. The number of hydrogen-bond donors (Lipinski definition) is 2.